The van der Waals surface area contributed by atoms with E-state index in [9.17, 15) is 4.79 Å². The summed E-state index contributed by atoms with van der Waals surface area (Å²) in [4.78, 5) is 15.7. The Bertz CT molecular complexity index is 521. The molecule has 2 rings (SSSR count). The standard InChI is InChI=1S/C11H10N3OS/c1-7-3-2-4-8(5-7)10(15)14-11-13-6-9(12)16-11/h2-6H,1,12H2,(H,13,14,15). The SMILES string of the molecule is [CH2]c1cccc(C(=O)Nc2ncc(N)s2)c1. The van der Waals surface area contributed by atoms with Gasteiger partial charge in [-0.05, 0) is 24.6 Å². The van der Waals surface area contributed by atoms with Crippen LogP contribution in [0.1, 0.15) is 15.9 Å². The lowest BCUT2D eigenvalue weighted by Gasteiger charge is -2.01. The van der Waals surface area contributed by atoms with Crippen LogP contribution in [0.3, 0.4) is 0 Å². The van der Waals surface area contributed by atoms with E-state index in [0.29, 0.717) is 15.7 Å². The minimum atomic E-state index is -0.208. The lowest BCUT2D eigenvalue weighted by molar-refractivity contribution is 0.102. The van der Waals surface area contributed by atoms with E-state index in [0.717, 1.165) is 5.56 Å². The second-order valence-electron chi connectivity index (χ2n) is 3.22. The molecule has 5 heteroatoms. The summed E-state index contributed by atoms with van der Waals surface area (Å²) in [6.07, 6.45) is 1.51. The highest BCUT2D eigenvalue weighted by atomic mass is 32.1. The number of carbonyl (C=O) groups excluding carboxylic acids is 1. The summed E-state index contributed by atoms with van der Waals surface area (Å²) >= 11 is 1.23. The Kier molecular flexibility index (Phi) is 2.87. The van der Waals surface area contributed by atoms with Crippen molar-refractivity contribution >= 4 is 27.4 Å². The lowest BCUT2D eigenvalue weighted by atomic mass is 10.1. The van der Waals surface area contributed by atoms with Gasteiger partial charge in [-0.1, -0.05) is 23.5 Å². The maximum Gasteiger partial charge on any atom is 0.257 e. The molecule has 1 amide bonds. The van der Waals surface area contributed by atoms with Crippen LogP contribution in [0.5, 0.6) is 0 Å². The molecule has 0 fully saturated rings. The van der Waals surface area contributed by atoms with Gasteiger partial charge in [0.25, 0.3) is 5.91 Å². The quantitative estimate of drug-likeness (QED) is 0.833. The molecule has 0 saturated heterocycles. The van der Waals surface area contributed by atoms with E-state index in [1.54, 1.807) is 18.2 Å². The number of nitrogens with one attached hydrogen (secondary N) is 1. The number of rotatable bonds is 2. The van der Waals surface area contributed by atoms with Gasteiger partial charge < -0.3 is 5.73 Å². The summed E-state index contributed by atoms with van der Waals surface area (Å²) < 4.78 is 0. The van der Waals surface area contributed by atoms with Crippen LogP contribution >= 0.6 is 11.3 Å². The first-order valence-electron chi connectivity index (χ1n) is 4.60. The Morgan fingerprint density at radius 1 is 1.50 bits per heavy atom. The Labute approximate surface area is 97.1 Å². The topological polar surface area (TPSA) is 68.0 Å². The van der Waals surface area contributed by atoms with Crippen LogP contribution in [0.25, 0.3) is 0 Å². The molecule has 16 heavy (non-hydrogen) atoms. The molecule has 2 aromatic rings. The maximum atomic E-state index is 11.8. The smallest absolute Gasteiger partial charge is 0.257 e. The molecule has 0 spiro atoms. The Balaban J connectivity index is 2.14. The summed E-state index contributed by atoms with van der Waals surface area (Å²) in [6, 6.07) is 7.05. The number of carbonyl (C=O) groups is 1. The van der Waals surface area contributed by atoms with Gasteiger partial charge >= 0.3 is 0 Å². The number of amides is 1. The van der Waals surface area contributed by atoms with Gasteiger partial charge in [-0.15, -0.1) is 0 Å². The van der Waals surface area contributed by atoms with Crippen molar-refractivity contribution in [1.82, 2.24) is 4.98 Å². The number of hydrogen-bond acceptors (Lipinski definition) is 4. The van der Waals surface area contributed by atoms with Crippen LogP contribution < -0.4 is 11.1 Å². The first-order valence-corrected chi connectivity index (χ1v) is 5.41. The molecule has 1 radical (unpaired) electrons. The van der Waals surface area contributed by atoms with Crippen molar-refractivity contribution < 1.29 is 4.79 Å². The fourth-order valence-electron chi connectivity index (χ4n) is 1.23. The zero-order valence-corrected chi connectivity index (χ0v) is 9.25. The number of nitrogens with zero attached hydrogens (tertiary/aromatic N) is 1. The second kappa shape index (κ2) is 4.32. The van der Waals surface area contributed by atoms with Crippen molar-refractivity contribution in [2.24, 2.45) is 0 Å². The molecule has 0 aliphatic carbocycles. The van der Waals surface area contributed by atoms with Gasteiger partial charge in [0.2, 0.25) is 0 Å². The first kappa shape index (κ1) is 10.6. The minimum Gasteiger partial charge on any atom is -0.389 e. The van der Waals surface area contributed by atoms with E-state index in [1.165, 1.54) is 17.5 Å². The molecule has 0 bridgehead atoms. The van der Waals surface area contributed by atoms with Gasteiger partial charge in [-0.25, -0.2) is 4.98 Å². The summed E-state index contributed by atoms with van der Waals surface area (Å²) in [5.74, 6) is -0.208. The molecule has 81 valence electrons. The van der Waals surface area contributed by atoms with Crippen molar-refractivity contribution in [3.8, 4) is 0 Å². The molecule has 0 atom stereocenters. The third-order valence-electron chi connectivity index (χ3n) is 1.93. The molecule has 0 saturated carbocycles. The molecule has 1 heterocycles. The van der Waals surface area contributed by atoms with Gasteiger partial charge in [0.05, 0.1) is 6.20 Å². The highest BCUT2D eigenvalue weighted by Gasteiger charge is 2.07. The summed E-state index contributed by atoms with van der Waals surface area (Å²) in [5, 5.41) is 3.73. The van der Waals surface area contributed by atoms with E-state index in [1.807, 2.05) is 6.07 Å². The predicted octanol–water partition coefficient (Wildman–Crippen LogP) is 2.16. The van der Waals surface area contributed by atoms with Crippen LogP contribution in [0.4, 0.5) is 10.1 Å². The lowest BCUT2D eigenvalue weighted by Crippen LogP contribution is -2.11. The first-order chi connectivity index (χ1) is 7.65. The molecule has 1 aromatic carbocycles. The average molecular weight is 232 g/mol. The summed E-state index contributed by atoms with van der Waals surface area (Å²) in [6.45, 7) is 3.76. The van der Waals surface area contributed by atoms with Crippen LogP contribution in [0.15, 0.2) is 30.5 Å². The summed E-state index contributed by atoms with van der Waals surface area (Å²) in [7, 11) is 0. The average Bonchev–Trinajstić information content (AvgIpc) is 2.64. The molecule has 1 aromatic heterocycles. The maximum absolute atomic E-state index is 11.8. The van der Waals surface area contributed by atoms with Crippen molar-refractivity contribution in [2.75, 3.05) is 11.1 Å². The molecular weight excluding hydrogens is 222 g/mol. The zero-order valence-electron chi connectivity index (χ0n) is 8.43. The Morgan fingerprint density at radius 3 is 2.94 bits per heavy atom. The van der Waals surface area contributed by atoms with Gasteiger partial charge in [-0.2, -0.15) is 0 Å². The number of aromatic nitrogens is 1. The molecule has 3 N–H and O–H groups in total. The predicted molar refractivity (Wildman–Crippen MR) is 65.4 cm³/mol. The van der Waals surface area contributed by atoms with Crippen molar-refractivity contribution in [3.63, 3.8) is 0 Å². The monoisotopic (exact) mass is 232 g/mol. The van der Waals surface area contributed by atoms with Crippen molar-refractivity contribution in [1.29, 1.82) is 0 Å². The van der Waals surface area contributed by atoms with E-state index < -0.39 is 0 Å². The molecular formula is C11H10N3OS. The number of benzene rings is 1. The summed E-state index contributed by atoms with van der Waals surface area (Å²) in [5.41, 5.74) is 6.87. The fourth-order valence-corrected chi connectivity index (χ4v) is 1.80. The highest BCUT2D eigenvalue weighted by molar-refractivity contribution is 7.19. The minimum absolute atomic E-state index is 0.208. The number of anilines is 2. The molecule has 0 aliphatic rings. The third kappa shape index (κ3) is 2.38. The molecule has 4 nitrogen and oxygen atoms in total. The number of nitrogens with two attached hydrogens (primary N) is 1. The largest absolute Gasteiger partial charge is 0.389 e. The van der Waals surface area contributed by atoms with E-state index in [2.05, 4.69) is 17.2 Å². The molecule has 0 unspecified atom stereocenters. The van der Waals surface area contributed by atoms with E-state index in [4.69, 9.17) is 5.73 Å². The van der Waals surface area contributed by atoms with Crippen LogP contribution in [0.2, 0.25) is 0 Å². The van der Waals surface area contributed by atoms with Gasteiger partial charge in [-0.3, -0.25) is 10.1 Å². The third-order valence-corrected chi connectivity index (χ3v) is 2.68. The highest BCUT2D eigenvalue weighted by Crippen LogP contribution is 2.20. The van der Waals surface area contributed by atoms with Gasteiger partial charge in [0, 0.05) is 5.56 Å². The van der Waals surface area contributed by atoms with Crippen molar-refractivity contribution in [2.45, 2.75) is 0 Å². The fraction of sp³-hybridized carbons (Fsp3) is 0. The van der Waals surface area contributed by atoms with Gasteiger partial charge in [0.15, 0.2) is 5.13 Å². The van der Waals surface area contributed by atoms with Crippen LogP contribution in [-0.2, 0) is 0 Å². The second-order valence-corrected chi connectivity index (χ2v) is 4.28. The van der Waals surface area contributed by atoms with Crippen LogP contribution in [0, 0.1) is 6.92 Å². The van der Waals surface area contributed by atoms with Crippen LogP contribution in [-0.4, -0.2) is 10.9 Å². The van der Waals surface area contributed by atoms with E-state index in [-0.39, 0.29) is 5.91 Å². The van der Waals surface area contributed by atoms with Crippen molar-refractivity contribution in [3.05, 3.63) is 48.5 Å². The zero-order chi connectivity index (χ0) is 11.5. The van der Waals surface area contributed by atoms with Gasteiger partial charge in [0.1, 0.15) is 5.00 Å². The number of nitrogen functional groups attached to an aromatic ring is 1. The number of hydrogen-bond donors (Lipinski definition) is 2. The number of thiazole rings is 1. The Hall–Kier alpha value is -1.88. The molecule has 0 aliphatic heterocycles. The Morgan fingerprint density at radius 2 is 2.31 bits per heavy atom. The van der Waals surface area contributed by atoms with E-state index >= 15 is 0 Å². The normalized spacial score (nSPS) is 10.1.